The molecule has 3 aromatic carbocycles. The Hall–Kier alpha value is -4.04. The number of benzene rings is 3. The Bertz CT molecular complexity index is 1200. The first kappa shape index (κ1) is 20.2. The third-order valence-electron chi connectivity index (χ3n) is 5.27. The molecule has 0 radical (unpaired) electrons. The Kier molecular flexibility index (Phi) is 5.72. The fourth-order valence-electron chi connectivity index (χ4n) is 3.67. The summed E-state index contributed by atoms with van der Waals surface area (Å²) >= 11 is 0. The molecule has 5 heteroatoms. The molecule has 5 nitrogen and oxygen atoms in total. The smallest absolute Gasteiger partial charge is 0.259 e. The molecular weight excluding hydrogens is 388 g/mol. The molecule has 4 rings (SSSR count). The van der Waals surface area contributed by atoms with Crippen molar-refractivity contribution in [1.82, 2.24) is 0 Å². The number of nitrogens with zero attached hydrogens (tertiary/aromatic N) is 1. The lowest BCUT2D eigenvalue weighted by atomic mass is 10.00. The SMILES string of the molecule is CC#CCN1C(=O)c2ccccc2Cc2cc(NC(=O)c3ccc(OC)cc3)ccc21. The Balaban J connectivity index is 1.67. The number of ether oxygens (including phenoxy) is 1. The molecule has 1 N–H and O–H groups in total. The van der Waals surface area contributed by atoms with Crippen molar-refractivity contribution in [2.24, 2.45) is 0 Å². The van der Waals surface area contributed by atoms with Crippen LogP contribution >= 0.6 is 0 Å². The van der Waals surface area contributed by atoms with Gasteiger partial charge in [-0.1, -0.05) is 24.1 Å². The standard InChI is InChI=1S/C26H22N2O3/c1-3-4-15-28-24-14-11-21(27-25(29)18-9-12-22(31-2)13-10-18)17-20(24)16-19-7-5-6-8-23(19)26(28)30/h5-14,17H,15-16H2,1-2H3,(H,27,29). The van der Waals surface area contributed by atoms with E-state index in [0.29, 0.717) is 35.5 Å². The van der Waals surface area contributed by atoms with Crippen molar-refractivity contribution in [3.05, 3.63) is 89.0 Å². The zero-order chi connectivity index (χ0) is 21.8. The van der Waals surface area contributed by atoms with Crippen molar-refractivity contribution in [3.63, 3.8) is 0 Å². The number of hydrogen-bond acceptors (Lipinski definition) is 3. The highest BCUT2D eigenvalue weighted by atomic mass is 16.5. The molecule has 1 heterocycles. The van der Waals surface area contributed by atoms with E-state index < -0.39 is 0 Å². The molecule has 3 aromatic rings. The van der Waals surface area contributed by atoms with Gasteiger partial charge in [-0.15, -0.1) is 5.92 Å². The minimum atomic E-state index is -0.207. The van der Waals surface area contributed by atoms with E-state index in [2.05, 4.69) is 17.2 Å². The third-order valence-corrected chi connectivity index (χ3v) is 5.27. The monoisotopic (exact) mass is 410 g/mol. The van der Waals surface area contributed by atoms with Gasteiger partial charge in [-0.3, -0.25) is 14.5 Å². The van der Waals surface area contributed by atoms with E-state index in [9.17, 15) is 9.59 Å². The second-order valence-electron chi connectivity index (χ2n) is 7.18. The average molecular weight is 410 g/mol. The number of hydrogen-bond donors (Lipinski definition) is 1. The highest BCUT2D eigenvalue weighted by Gasteiger charge is 2.26. The van der Waals surface area contributed by atoms with Gasteiger partial charge in [0.2, 0.25) is 0 Å². The van der Waals surface area contributed by atoms with Crippen LogP contribution in [0.2, 0.25) is 0 Å². The minimum Gasteiger partial charge on any atom is -0.497 e. The van der Waals surface area contributed by atoms with Crippen LogP contribution in [-0.2, 0) is 6.42 Å². The van der Waals surface area contributed by atoms with Gasteiger partial charge in [0.1, 0.15) is 5.75 Å². The lowest BCUT2D eigenvalue weighted by Crippen LogP contribution is -2.31. The second-order valence-corrected chi connectivity index (χ2v) is 7.18. The van der Waals surface area contributed by atoms with Crippen molar-refractivity contribution in [2.45, 2.75) is 13.3 Å². The third kappa shape index (κ3) is 4.15. The lowest BCUT2D eigenvalue weighted by molar-refractivity contribution is 0.0988. The molecule has 0 unspecified atom stereocenters. The summed E-state index contributed by atoms with van der Waals surface area (Å²) in [5, 5.41) is 2.95. The van der Waals surface area contributed by atoms with E-state index in [4.69, 9.17) is 4.74 Å². The van der Waals surface area contributed by atoms with Gasteiger partial charge >= 0.3 is 0 Å². The predicted octanol–water partition coefficient (Wildman–Crippen LogP) is 4.52. The lowest BCUT2D eigenvalue weighted by Gasteiger charge is -2.21. The van der Waals surface area contributed by atoms with Crippen LogP contribution in [0.25, 0.3) is 0 Å². The molecule has 154 valence electrons. The van der Waals surface area contributed by atoms with Crippen LogP contribution < -0.4 is 15.0 Å². The van der Waals surface area contributed by atoms with E-state index in [1.807, 2.05) is 42.5 Å². The van der Waals surface area contributed by atoms with Crippen molar-refractivity contribution < 1.29 is 14.3 Å². The zero-order valence-electron chi connectivity index (χ0n) is 17.4. The topological polar surface area (TPSA) is 58.6 Å². The van der Waals surface area contributed by atoms with Crippen LogP contribution in [0.1, 0.15) is 38.8 Å². The number of fused-ring (bicyclic) bond motifs is 2. The van der Waals surface area contributed by atoms with Crippen LogP contribution in [0, 0.1) is 11.8 Å². The molecule has 2 amide bonds. The maximum Gasteiger partial charge on any atom is 0.259 e. The minimum absolute atomic E-state index is 0.0629. The predicted molar refractivity (Wildman–Crippen MR) is 122 cm³/mol. The number of anilines is 2. The van der Waals surface area contributed by atoms with Crippen LogP contribution in [0.4, 0.5) is 11.4 Å². The summed E-state index contributed by atoms with van der Waals surface area (Å²) in [5.74, 6) is 6.29. The summed E-state index contributed by atoms with van der Waals surface area (Å²) in [6, 6.07) is 20.2. The Morgan fingerprint density at radius 1 is 1.06 bits per heavy atom. The second kappa shape index (κ2) is 8.76. The van der Waals surface area contributed by atoms with Crippen molar-refractivity contribution in [1.29, 1.82) is 0 Å². The largest absolute Gasteiger partial charge is 0.497 e. The van der Waals surface area contributed by atoms with E-state index in [1.165, 1.54) is 0 Å². The normalized spacial score (nSPS) is 12.1. The highest BCUT2D eigenvalue weighted by Crippen LogP contribution is 2.32. The van der Waals surface area contributed by atoms with Crippen LogP contribution in [0.5, 0.6) is 5.75 Å². The first-order valence-corrected chi connectivity index (χ1v) is 9.98. The van der Waals surface area contributed by atoms with Gasteiger partial charge in [-0.05, 0) is 66.6 Å². The Morgan fingerprint density at radius 3 is 2.58 bits per heavy atom. The van der Waals surface area contributed by atoms with Crippen molar-refractivity contribution in [3.8, 4) is 17.6 Å². The summed E-state index contributed by atoms with van der Waals surface area (Å²) in [4.78, 5) is 27.6. The highest BCUT2D eigenvalue weighted by molar-refractivity contribution is 6.09. The quantitative estimate of drug-likeness (QED) is 0.644. The van der Waals surface area contributed by atoms with Gasteiger partial charge in [-0.25, -0.2) is 0 Å². The summed E-state index contributed by atoms with van der Waals surface area (Å²) in [6.07, 6.45) is 0.597. The molecule has 0 aromatic heterocycles. The number of rotatable bonds is 4. The fourth-order valence-corrected chi connectivity index (χ4v) is 3.67. The zero-order valence-corrected chi connectivity index (χ0v) is 17.4. The molecule has 0 bridgehead atoms. The van der Waals surface area contributed by atoms with Crippen LogP contribution in [0.15, 0.2) is 66.7 Å². The molecule has 1 aliphatic rings. The first-order valence-electron chi connectivity index (χ1n) is 9.98. The van der Waals surface area contributed by atoms with E-state index >= 15 is 0 Å². The molecule has 0 fully saturated rings. The molecule has 0 aliphatic carbocycles. The van der Waals surface area contributed by atoms with E-state index in [1.54, 1.807) is 43.2 Å². The maximum absolute atomic E-state index is 13.2. The van der Waals surface area contributed by atoms with Crippen molar-refractivity contribution in [2.75, 3.05) is 23.9 Å². The van der Waals surface area contributed by atoms with Crippen molar-refractivity contribution >= 4 is 23.2 Å². The molecule has 0 saturated heterocycles. The molecular formula is C26H22N2O3. The van der Waals surface area contributed by atoms with Crippen LogP contribution in [0.3, 0.4) is 0 Å². The Morgan fingerprint density at radius 2 is 1.84 bits per heavy atom. The summed E-state index contributed by atoms with van der Waals surface area (Å²) < 4.78 is 5.14. The average Bonchev–Trinajstić information content (AvgIpc) is 2.91. The Labute approximate surface area is 181 Å². The van der Waals surface area contributed by atoms with Gasteiger partial charge < -0.3 is 10.1 Å². The summed E-state index contributed by atoms with van der Waals surface area (Å²) in [5.41, 5.74) is 4.62. The van der Waals surface area contributed by atoms with Gasteiger partial charge in [0.15, 0.2) is 0 Å². The first-order chi connectivity index (χ1) is 15.1. The van der Waals surface area contributed by atoms with Gasteiger partial charge in [0.05, 0.1) is 13.7 Å². The van der Waals surface area contributed by atoms with Gasteiger partial charge in [0.25, 0.3) is 11.8 Å². The van der Waals surface area contributed by atoms with Gasteiger partial charge in [-0.2, -0.15) is 0 Å². The van der Waals surface area contributed by atoms with E-state index in [0.717, 1.165) is 16.8 Å². The van der Waals surface area contributed by atoms with Gasteiger partial charge in [0, 0.05) is 28.9 Å². The number of amides is 2. The molecule has 1 aliphatic heterocycles. The number of methoxy groups -OCH3 is 1. The molecule has 31 heavy (non-hydrogen) atoms. The maximum atomic E-state index is 13.2. The fraction of sp³-hybridized carbons (Fsp3) is 0.154. The van der Waals surface area contributed by atoms with E-state index in [-0.39, 0.29) is 11.8 Å². The van der Waals surface area contributed by atoms with Crippen LogP contribution in [-0.4, -0.2) is 25.5 Å². The molecule has 0 saturated carbocycles. The number of nitrogens with one attached hydrogen (secondary N) is 1. The summed E-state index contributed by atoms with van der Waals surface area (Å²) in [7, 11) is 1.59. The summed E-state index contributed by atoms with van der Waals surface area (Å²) in [6.45, 7) is 2.07. The molecule has 0 spiro atoms. The number of carbonyl (C=O) groups is 2. The number of carbonyl (C=O) groups excluding carboxylic acids is 2. The molecule has 0 atom stereocenters.